The molecule has 1 N–H and O–H groups in total. The van der Waals surface area contributed by atoms with Crippen molar-refractivity contribution in [2.45, 2.75) is 12.1 Å². The number of benzene rings is 1. The first-order valence-electron chi connectivity index (χ1n) is 6.03. The average Bonchev–Trinajstić information content (AvgIpc) is 2.28. The fourth-order valence-corrected chi connectivity index (χ4v) is 2.33. The summed E-state index contributed by atoms with van der Waals surface area (Å²) in [5.41, 5.74) is 0.579. The second-order valence-corrected chi connectivity index (χ2v) is 4.64. The van der Waals surface area contributed by atoms with Gasteiger partial charge in [-0.25, -0.2) is 8.78 Å². The van der Waals surface area contributed by atoms with E-state index in [0.29, 0.717) is 12.2 Å². The monoisotopic (exact) mass is 256 g/mol. The minimum absolute atomic E-state index is 0.102. The molecule has 0 bridgehead atoms. The molecule has 1 aliphatic heterocycles. The molecule has 1 fully saturated rings. The molecule has 1 aromatic carbocycles. The summed E-state index contributed by atoms with van der Waals surface area (Å²) in [6.07, 6.45) is -0.102. The van der Waals surface area contributed by atoms with Crippen molar-refractivity contribution in [3.63, 3.8) is 0 Å². The van der Waals surface area contributed by atoms with Crippen molar-refractivity contribution in [2.75, 3.05) is 33.8 Å². The molecule has 0 saturated carbocycles. The number of hydrogen-bond acceptors (Lipinski definition) is 3. The lowest BCUT2D eigenvalue weighted by molar-refractivity contribution is -0.0381. The van der Waals surface area contributed by atoms with Crippen LogP contribution in [0, 0.1) is 11.6 Å². The number of rotatable bonds is 3. The molecule has 1 aliphatic rings. The van der Waals surface area contributed by atoms with E-state index in [1.807, 2.05) is 7.05 Å². The third kappa shape index (κ3) is 3.04. The lowest BCUT2D eigenvalue weighted by Gasteiger charge is -2.35. The zero-order chi connectivity index (χ0) is 13.1. The van der Waals surface area contributed by atoms with Gasteiger partial charge in [-0.3, -0.25) is 0 Å². The van der Waals surface area contributed by atoms with Crippen LogP contribution in [-0.2, 0) is 4.74 Å². The highest BCUT2D eigenvalue weighted by Crippen LogP contribution is 2.23. The van der Waals surface area contributed by atoms with Crippen LogP contribution >= 0.6 is 0 Å². The maximum atomic E-state index is 13.2. The minimum atomic E-state index is -0.561. The van der Waals surface area contributed by atoms with Crippen LogP contribution in [-0.4, -0.2) is 44.8 Å². The molecule has 100 valence electrons. The maximum absolute atomic E-state index is 13.2. The molecule has 0 aromatic heterocycles. The van der Waals surface area contributed by atoms with Gasteiger partial charge in [0, 0.05) is 19.2 Å². The summed E-state index contributed by atoms with van der Waals surface area (Å²) < 4.78 is 32.2. The van der Waals surface area contributed by atoms with Gasteiger partial charge in [-0.1, -0.05) is 0 Å². The van der Waals surface area contributed by atoms with E-state index in [0.717, 1.165) is 19.2 Å². The van der Waals surface area contributed by atoms with E-state index in [9.17, 15) is 8.78 Å². The lowest BCUT2D eigenvalue weighted by atomic mass is 10.00. The van der Waals surface area contributed by atoms with Crippen molar-refractivity contribution in [1.82, 2.24) is 10.2 Å². The number of hydrogen-bond donors (Lipinski definition) is 1. The summed E-state index contributed by atoms with van der Waals surface area (Å²) in [4.78, 5) is 2.15. The maximum Gasteiger partial charge on any atom is 0.126 e. The van der Waals surface area contributed by atoms with Gasteiger partial charge in [-0.15, -0.1) is 0 Å². The zero-order valence-corrected chi connectivity index (χ0v) is 10.6. The molecule has 1 aromatic rings. The van der Waals surface area contributed by atoms with E-state index in [1.165, 1.54) is 12.1 Å². The van der Waals surface area contributed by atoms with E-state index in [4.69, 9.17) is 4.74 Å². The van der Waals surface area contributed by atoms with Crippen molar-refractivity contribution in [1.29, 1.82) is 0 Å². The Hall–Kier alpha value is -1.04. The second-order valence-electron chi connectivity index (χ2n) is 4.64. The van der Waals surface area contributed by atoms with Gasteiger partial charge in [0.1, 0.15) is 11.6 Å². The van der Waals surface area contributed by atoms with E-state index in [1.54, 1.807) is 7.05 Å². The lowest BCUT2D eigenvalue weighted by Crippen LogP contribution is -2.46. The number of morpholine rings is 1. The van der Waals surface area contributed by atoms with Crippen molar-refractivity contribution in [3.8, 4) is 0 Å². The van der Waals surface area contributed by atoms with Crippen molar-refractivity contribution >= 4 is 0 Å². The van der Waals surface area contributed by atoms with Crippen molar-refractivity contribution in [2.24, 2.45) is 0 Å². The first-order valence-corrected chi connectivity index (χ1v) is 6.03. The Morgan fingerprint density at radius 1 is 1.33 bits per heavy atom. The van der Waals surface area contributed by atoms with Crippen LogP contribution in [0.25, 0.3) is 0 Å². The van der Waals surface area contributed by atoms with Crippen LogP contribution in [0.15, 0.2) is 18.2 Å². The molecular weight excluding hydrogens is 238 g/mol. The number of halogens is 2. The third-order valence-corrected chi connectivity index (χ3v) is 3.22. The summed E-state index contributed by atoms with van der Waals surface area (Å²) in [6.45, 7) is 2.26. The van der Waals surface area contributed by atoms with Gasteiger partial charge in [0.05, 0.1) is 18.8 Å². The van der Waals surface area contributed by atoms with Gasteiger partial charge >= 0.3 is 0 Å². The minimum Gasteiger partial charge on any atom is -0.374 e. The van der Waals surface area contributed by atoms with E-state index >= 15 is 0 Å². The van der Waals surface area contributed by atoms with Gasteiger partial charge in [0.25, 0.3) is 0 Å². The number of nitrogens with one attached hydrogen (secondary N) is 1. The van der Waals surface area contributed by atoms with E-state index in [-0.39, 0.29) is 12.1 Å². The standard InChI is InChI=1S/C13H18F2N2O/c1-16-13(12-8-17(2)3-4-18-12)9-5-10(14)7-11(15)6-9/h5-7,12-13,16H,3-4,8H2,1-2H3. The van der Waals surface area contributed by atoms with Crippen LogP contribution in [0.1, 0.15) is 11.6 Å². The van der Waals surface area contributed by atoms with Crippen LogP contribution < -0.4 is 5.32 Å². The predicted molar refractivity (Wildman–Crippen MR) is 65.4 cm³/mol. The Labute approximate surface area is 106 Å². The van der Waals surface area contributed by atoms with Crippen LogP contribution in [0.3, 0.4) is 0 Å². The van der Waals surface area contributed by atoms with Crippen molar-refractivity contribution < 1.29 is 13.5 Å². The molecule has 2 atom stereocenters. The highest BCUT2D eigenvalue weighted by Gasteiger charge is 2.27. The SMILES string of the molecule is CNC(c1cc(F)cc(F)c1)C1CN(C)CCO1. The van der Waals surface area contributed by atoms with Gasteiger partial charge < -0.3 is 15.0 Å². The van der Waals surface area contributed by atoms with E-state index < -0.39 is 11.6 Å². The molecule has 3 nitrogen and oxygen atoms in total. The second kappa shape index (κ2) is 5.73. The van der Waals surface area contributed by atoms with Crippen molar-refractivity contribution in [3.05, 3.63) is 35.4 Å². The van der Waals surface area contributed by atoms with Crippen LogP contribution in [0.5, 0.6) is 0 Å². The summed E-state index contributed by atoms with van der Waals surface area (Å²) >= 11 is 0. The summed E-state index contributed by atoms with van der Waals surface area (Å²) in [6, 6.07) is 3.37. The van der Waals surface area contributed by atoms with Crippen LogP contribution in [0.2, 0.25) is 0 Å². The Kier molecular flexibility index (Phi) is 4.27. The number of ether oxygens (including phenoxy) is 1. The normalized spacial score (nSPS) is 23.0. The predicted octanol–water partition coefficient (Wildman–Crippen LogP) is 1.56. The first kappa shape index (κ1) is 13.4. The molecule has 1 heterocycles. The fraction of sp³-hybridized carbons (Fsp3) is 0.538. The van der Waals surface area contributed by atoms with Gasteiger partial charge in [0.2, 0.25) is 0 Å². The molecule has 0 amide bonds. The summed E-state index contributed by atoms with van der Waals surface area (Å²) in [5, 5.41) is 3.08. The fourth-order valence-electron chi connectivity index (χ4n) is 2.33. The molecule has 0 spiro atoms. The van der Waals surface area contributed by atoms with Gasteiger partial charge in [0.15, 0.2) is 0 Å². The van der Waals surface area contributed by atoms with Gasteiger partial charge in [-0.2, -0.15) is 0 Å². The molecule has 1 saturated heterocycles. The Bertz CT molecular complexity index is 394. The molecule has 2 rings (SSSR count). The van der Waals surface area contributed by atoms with E-state index in [2.05, 4.69) is 10.2 Å². The first-order chi connectivity index (χ1) is 8.60. The molecule has 0 radical (unpaired) electrons. The zero-order valence-electron chi connectivity index (χ0n) is 10.6. The highest BCUT2D eigenvalue weighted by atomic mass is 19.1. The molecule has 5 heteroatoms. The smallest absolute Gasteiger partial charge is 0.126 e. The molecule has 2 unspecified atom stereocenters. The molecule has 0 aliphatic carbocycles. The third-order valence-electron chi connectivity index (χ3n) is 3.22. The topological polar surface area (TPSA) is 24.5 Å². The Morgan fingerprint density at radius 2 is 2.00 bits per heavy atom. The molecular formula is C13H18F2N2O. The number of likely N-dealkylation sites (N-methyl/N-ethyl adjacent to an activating group) is 2. The van der Waals surface area contributed by atoms with Gasteiger partial charge in [-0.05, 0) is 31.8 Å². The average molecular weight is 256 g/mol. The summed E-state index contributed by atoms with van der Waals surface area (Å²) in [5.74, 6) is -1.12. The quantitative estimate of drug-likeness (QED) is 0.888. The summed E-state index contributed by atoms with van der Waals surface area (Å²) in [7, 11) is 3.78. The Morgan fingerprint density at radius 3 is 2.56 bits per heavy atom. The highest BCUT2D eigenvalue weighted by molar-refractivity contribution is 5.22. The largest absolute Gasteiger partial charge is 0.374 e. The number of nitrogens with zero attached hydrogens (tertiary/aromatic N) is 1. The Balaban J connectivity index is 2.21. The van der Waals surface area contributed by atoms with Crippen LogP contribution in [0.4, 0.5) is 8.78 Å². The molecule has 18 heavy (non-hydrogen) atoms.